The van der Waals surface area contributed by atoms with Gasteiger partial charge in [-0.2, -0.15) is 11.7 Å². The highest BCUT2D eigenvalue weighted by Gasteiger charge is 2.52. The van der Waals surface area contributed by atoms with Gasteiger partial charge in [-0.05, 0) is 7.82 Å². The minimum atomic E-state index is -5.89. The molecule has 58 valence electrons. The summed E-state index contributed by atoms with van der Waals surface area (Å²) >= 11 is -0.614. The van der Waals surface area contributed by atoms with Crippen molar-refractivity contribution in [1.29, 1.82) is 0 Å². The van der Waals surface area contributed by atoms with E-state index in [0.717, 1.165) is 0 Å². The van der Waals surface area contributed by atoms with E-state index in [9.17, 15) is 11.7 Å². The lowest BCUT2D eigenvalue weighted by Gasteiger charge is -2.54. The van der Waals surface area contributed by atoms with Crippen LogP contribution < -0.4 is 0 Å². The van der Waals surface area contributed by atoms with Gasteiger partial charge in [0.25, 0.3) is 0 Å². The SMILES string of the molecule is CC[S](F)(F)(F)([AlH2])CC. The zero-order valence-electron chi connectivity index (χ0n) is 5.96. The number of halogens is 3. The minimum absolute atomic E-state index is 0.595. The fraction of sp³-hybridized carbons (Fsp3) is 1.00. The highest BCUT2D eigenvalue weighted by atomic mass is 32.6. The van der Waals surface area contributed by atoms with Crippen LogP contribution in [0.5, 0.6) is 0 Å². The third-order valence-electron chi connectivity index (χ3n) is 1.64. The van der Waals surface area contributed by atoms with Crippen LogP contribution in [0.4, 0.5) is 11.7 Å². The van der Waals surface area contributed by atoms with Gasteiger partial charge in [0.05, 0.1) is 0 Å². The van der Waals surface area contributed by atoms with E-state index in [0.29, 0.717) is 0 Å². The van der Waals surface area contributed by atoms with Gasteiger partial charge in [-0.3, -0.25) is 0 Å². The van der Waals surface area contributed by atoms with Crippen molar-refractivity contribution in [2.24, 2.45) is 0 Å². The molecular formula is C4H12AlF3S. The van der Waals surface area contributed by atoms with Crippen LogP contribution in [0.1, 0.15) is 13.8 Å². The normalized spacial score (nSPS) is 20.6. The maximum absolute atomic E-state index is 12.8. The Bertz CT molecular complexity index is 113. The quantitative estimate of drug-likeness (QED) is 0.565. The van der Waals surface area contributed by atoms with Crippen LogP contribution in [0.15, 0.2) is 0 Å². The maximum atomic E-state index is 12.8. The molecule has 0 rings (SSSR count). The van der Waals surface area contributed by atoms with Crippen LogP contribution >= 0.6 is 7.82 Å². The monoisotopic (exact) mass is 176 g/mol. The van der Waals surface area contributed by atoms with Crippen LogP contribution in [0.3, 0.4) is 0 Å². The van der Waals surface area contributed by atoms with Crippen molar-refractivity contribution >= 4 is 23.0 Å². The molecule has 0 heterocycles. The average molecular weight is 176 g/mol. The first kappa shape index (κ1) is 9.67. The molecular weight excluding hydrogens is 164 g/mol. The van der Waals surface area contributed by atoms with Gasteiger partial charge >= 0.3 is 15.2 Å². The van der Waals surface area contributed by atoms with Crippen molar-refractivity contribution in [1.82, 2.24) is 0 Å². The van der Waals surface area contributed by atoms with Gasteiger partial charge in [0.1, 0.15) is 0 Å². The molecule has 5 heteroatoms. The van der Waals surface area contributed by atoms with Crippen LogP contribution in [-0.4, -0.2) is 26.7 Å². The number of hydrogen-bond acceptors (Lipinski definition) is 0. The molecule has 0 aromatic rings. The molecule has 0 aliphatic carbocycles. The molecule has 0 radical (unpaired) electrons. The summed E-state index contributed by atoms with van der Waals surface area (Å²) in [4.78, 5) is 0. The Kier molecular flexibility index (Phi) is 1.76. The number of rotatable bonds is 2. The van der Waals surface area contributed by atoms with Gasteiger partial charge in [0, 0.05) is 11.5 Å². The molecule has 0 aliphatic heterocycles. The van der Waals surface area contributed by atoms with Crippen LogP contribution in [0.2, 0.25) is 0 Å². The largest absolute Gasteiger partial charge is 0.388 e. The van der Waals surface area contributed by atoms with E-state index in [1.54, 1.807) is 0 Å². The van der Waals surface area contributed by atoms with E-state index < -0.39 is 34.5 Å². The lowest BCUT2D eigenvalue weighted by molar-refractivity contribution is 0.577. The lowest BCUT2D eigenvalue weighted by atomic mass is 11.0. The molecule has 0 aromatic heterocycles. The van der Waals surface area contributed by atoms with Crippen molar-refractivity contribution in [2.75, 3.05) is 11.5 Å². The fourth-order valence-electron chi connectivity index (χ4n) is 0.204. The molecule has 0 bridgehead atoms. The van der Waals surface area contributed by atoms with E-state index in [1.165, 1.54) is 13.8 Å². The summed E-state index contributed by atoms with van der Waals surface area (Å²) in [6.45, 7) is 2.44. The van der Waals surface area contributed by atoms with Gasteiger partial charge in [0.2, 0.25) is 0 Å². The van der Waals surface area contributed by atoms with E-state index in [1.807, 2.05) is 0 Å². The predicted molar refractivity (Wildman–Crippen MR) is 40.5 cm³/mol. The summed E-state index contributed by atoms with van der Waals surface area (Å²) in [5.41, 5.74) is 0. The average Bonchev–Trinajstić information content (AvgIpc) is 1.67. The standard InChI is InChI=1S/C4H10F3S.Al.2H/c1-3-8(5,6,7)4-2;;;/h3-4H2,1-2H3;;;. The van der Waals surface area contributed by atoms with Crippen molar-refractivity contribution in [3.8, 4) is 0 Å². The van der Waals surface area contributed by atoms with E-state index in [-0.39, 0.29) is 0 Å². The summed E-state index contributed by atoms with van der Waals surface area (Å²) in [5, 5.41) is 0. The summed E-state index contributed by atoms with van der Waals surface area (Å²) in [7, 11) is -5.89. The Hall–Kier alpha value is 0.672. The Morgan fingerprint density at radius 2 is 1.33 bits per heavy atom. The minimum Gasteiger partial charge on any atom is -0.173 e. The summed E-state index contributed by atoms with van der Waals surface area (Å²) in [5.74, 6) is -1.19. The van der Waals surface area contributed by atoms with Gasteiger partial charge in [-0.25, -0.2) is 0 Å². The molecule has 0 unspecified atom stereocenters. The molecule has 0 amide bonds. The molecule has 0 saturated heterocycles. The second-order valence-corrected chi connectivity index (χ2v) is 14.2. The van der Waals surface area contributed by atoms with E-state index in [2.05, 4.69) is 0 Å². The first-order valence-corrected chi connectivity index (χ1v) is 8.21. The highest BCUT2D eigenvalue weighted by molar-refractivity contribution is 8.68. The molecule has 0 N–H and O–H groups in total. The Morgan fingerprint density at radius 3 is 1.33 bits per heavy atom. The summed E-state index contributed by atoms with van der Waals surface area (Å²) in [6.07, 6.45) is 0. The Morgan fingerprint density at radius 1 is 1.11 bits per heavy atom. The van der Waals surface area contributed by atoms with E-state index >= 15 is 0 Å². The Balaban J connectivity index is 4.64. The Labute approximate surface area is 60.4 Å². The topological polar surface area (TPSA) is 0 Å². The summed E-state index contributed by atoms with van der Waals surface area (Å²) in [6, 6.07) is 0. The first-order valence-electron chi connectivity index (χ1n) is 2.86. The van der Waals surface area contributed by atoms with Crippen LogP contribution in [0.25, 0.3) is 0 Å². The number of hydrogen-bond donors (Lipinski definition) is 0. The first-order chi connectivity index (χ1) is 3.62. The third kappa shape index (κ3) is 3.39. The highest BCUT2D eigenvalue weighted by Crippen LogP contribution is 2.90. The van der Waals surface area contributed by atoms with Crippen molar-refractivity contribution in [3.05, 3.63) is 0 Å². The van der Waals surface area contributed by atoms with Gasteiger partial charge in [-0.1, -0.05) is 13.8 Å². The van der Waals surface area contributed by atoms with Gasteiger partial charge in [0.15, 0.2) is 0 Å². The smallest absolute Gasteiger partial charge is 0.173 e. The van der Waals surface area contributed by atoms with Gasteiger partial charge < -0.3 is 0 Å². The third-order valence-corrected chi connectivity index (χ3v) is 8.38. The molecule has 0 spiro atoms. The predicted octanol–water partition coefficient (Wildman–Crippen LogP) is 2.10. The maximum Gasteiger partial charge on any atom is 0.388 e. The van der Waals surface area contributed by atoms with Crippen LogP contribution in [0, 0.1) is 0 Å². The van der Waals surface area contributed by atoms with Crippen molar-refractivity contribution in [2.45, 2.75) is 13.8 Å². The molecule has 0 fully saturated rings. The second-order valence-electron chi connectivity index (χ2n) is 2.65. The zero-order valence-corrected chi connectivity index (χ0v) is 8.77. The zero-order chi connectivity index (χ0) is 7.82. The fourth-order valence-corrected chi connectivity index (χ4v) is 0.612. The van der Waals surface area contributed by atoms with Gasteiger partial charge in [-0.15, -0.1) is 0 Å². The van der Waals surface area contributed by atoms with E-state index in [4.69, 9.17) is 0 Å². The molecule has 9 heavy (non-hydrogen) atoms. The second kappa shape index (κ2) is 1.63. The molecule has 0 saturated carbocycles. The van der Waals surface area contributed by atoms with Crippen LogP contribution in [-0.2, 0) is 0 Å². The molecule has 0 aromatic carbocycles. The van der Waals surface area contributed by atoms with Crippen molar-refractivity contribution in [3.63, 3.8) is 0 Å². The molecule has 0 atom stereocenters. The van der Waals surface area contributed by atoms with Crippen molar-refractivity contribution < 1.29 is 11.7 Å². The molecule has 0 nitrogen and oxygen atoms in total. The lowest BCUT2D eigenvalue weighted by Crippen LogP contribution is -2.24. The molecule has 0 aliphatic rings. The summed E-state index contributed by atoms with van der Waals surface area (Å²) < 4.78 is 38.3.